The van der Waals surface area contributed by atoms with E-state index in [0.29, 0.717) is 11.8 Å². The van der Waals surface area contributed by atoms with Crippen LogP contribution in [0.4, 0.5) is 5.69 Å². The summed E-state index contributed by atoms with van der Waals surface area (Å²) in [6.45, 7) is 7.13. The predicted octanol–water partition coefficient (Wildman–Crippen LogP) is 2.80. The van der Waals surface area contributed by atoms with Gasteiger partial charge in [0, 0.05) is 51.0 Å². The summed E-state index contributed by atoms with van der Waals surface area (Å²) in [4.78, 5) is 9.23. The smallest absolute Gasteiger partial charge is 0.266 e. The monoisotopic (exact) mass is 349 g/mol. The van der Waals surface area contributed by atoms with Crippen LogP contribution in [0.15, 0.2) is 53.1 Å². The van der Waals surface area contributed by atoms with Crippen LogP contribution in [0, 0.1) is 6.92 Å². The van der Waals surface area contributed by atoms with Crippen molar-refractivity contribution >= 4 is 5.69 Å². The summed E-state index contributed by atoms with van der Waals surface area (Å²) < 4.78 is 5.81. The zero-order chi connectivity index (χ0) is 17.8. The van der Waals surface area contributed by atoms with Crippen molar-refractivity contribution in [3.05, 3.63) is 60.1 Å². The van der Waals surface area contributed by atoms with Gasteiger partial charge in [0.1, 0.15) is 5.69 Å². The number of rotatable bonds is 5. The van der Waals surface area contributed by atoms with Crippen molar-refractivity contribution in [3.63, 3.8) is 0 Å². The molecule has 0 radical (unpaired) electrons. The van der Waals surface area contributed by atoms with Crippen LogP contribution < -0.4 is 4.90 Å². The molecule has 0 atom stereocenters. The summed E-state index contributed by atoms with van der Waals surface area (Å²) in [5, 5.41) is 8.34. The molecular weight excluding hydrogens is 326 g/mol. The van der Waals surface area contributed by atoms with Crippen molar-refractivity contribution in [2.45, 2.75) is 13.3 Å². The molecule has 0 aliphatic carbocycles. The fourth-order valence-corrected chi connectivity index (χ4v) is 3.28. The second-order valence-electron chi connectivity index (χ2n) is 6.58. The van der Waals surface area contributed by atoms with E-state index in [1.54, 1.807) is 6.20 Å². The molecule has 1 fully saturated rings. The van der Waals surface area contributed by atoms with Gasteiger partial charge < -0.3 is 9.32 Å². The van der Waals surface area contributed by atoms with Crippen LogP contribution in [0.25, 0.3) is 11.6 Å². The van der Waals surface area contributed by atoms with E-state index in [4.69, 9.17) is 4.42 Å². The normalized spacial score (nSPS) is 15.3. The van der Waals surface area contributed by atoms with Gasteiger partial charge >= 0.3 is 0 Å². The number of aryl methyl sites for hydroxylation is 1. The quantitative estimate of drug-likeness (QED) is 0.706. The highest BCUT2D eigenvalue weighted by Crippen LogP contribution is 2.19. The summed E-state index contributed by atoms with van der Waals surface area (Å²) in [7, 11) is 0. The van der Waals surface area contributed by atoms with E-state index in [1.165, 1.54) is 5.69 Å². The minimum Gasteiger partial charge on any atom is -0.419 e. The lowest BCUT2D eigenvalue weighted by atomic mass is 10.2. The molecule has 3 heterocycles. The minimum absolute atomic E-state index is 0.506. The third kappa shape index (κ3) is 3.75. The lowest BCUT2D eigenvalue weighted by Gasteiger charge is -2.35. The number of hydrogen-bond acceptors (Lipinski definition) is 6. The van der Waals surface area contributed by atoms with Crippen molar-refractivity contribution in [1.29, 1.82) is 0 Å². The lowest BCUT2D eigenvalue weighted by molar-refractivity contribution is 0.254. The van der Waals surface area contributed by atoms with Crippen molar-refractivity contribution in [2.75, 3.05) is 37.6 Å². The Bertz CT molecular complexity index is 840. The maximum Gasteiger partial charge on any atom is 0.266 e. The first-order valence-electron chi connectivity index (χ1n) is 9.06. The van der Waals surface area contributed by atoms with Crippen molar-refractivity contribution in [2.24, 2.45) is 0 Å². The molecule has 1 aliphatic rings. The van der Waals surface area contributed by atoms with Gasteiger partial charge in [0.15, 0.2) is 0 Å². The van der Waals surface area contributed by atoms with Crippen LogP contribution in [0.5, 0.6) is 0 Å². The molecular formula is C20H23N5O. The summed E-state index contributed by atoms with van der Waals surface area (Å²) in [6, 6.07) is 14.5. The molecule has 6 nitrogen and oxygen atoms in total. The van der Waals surface area contributed by atoms with Gasteiger partial charge in [-0.05, 0) is 30.7 Å². The van der Waals surface area contributed by atoms with Crippen LogP contribution >= 0.6 is 0 Å². The van der Waals surface area contributed by atoms with Gasteiger partial charge in [-0.25, -0.2) is 0 Å². The number of para-hydroxylation sites is 1. The Kier molecular flexibility index (Phi) is 4.93. The van der Waals surface area contributed by atoms with E-state index < -0.39 is 0 Å². The number of pyridine rings is 1. The molecule has 3 aromatic rings. The number of benzene rings is 1. The fraction of sp³-hybridized carbons (Fsp3) is 0.350. The highest BCUT2D eigenvalue weighted by molar-refractivity contribution is 5.51. The van der Waals surface area contributed by atoms with E-state index in [0.717, 1.165) is 50.4 Å². The molecule has 1 saturated heterocycles. The fourth-order valence-electron chi connectivity index (χ4n) is 3.28. The molecule has 4 rings (SSSR count). The van der Waals surface area contributed by atoms with Gasteiger partial charge in [0.25, 0.3) is 5.89 Å². The third-order valence-electron chi connectivity index (χ3n) is 4.81. The Morgan fingerprint density at radius 3 is 2.54 bits per heavy atom. The van der Waals surface area contributed by atoms with Crippen molar-refractivity contribution < 1.29 is 4.42 Å². The van der Waals surface area contributed by atoms with Gasteiger partial charge in [-0.15, -0.1) is 10.2 Å². The molecule has 0 bridgehead atoms. The average Bonchev–Trinajstić information content (AvgIpc) is 3.17. The molecule has 0 saturated carbocycles. The number of hydrogen-bond donors (Lipinski definition) is 0. The maximum atomic E-state index is 5.81. The Balaban J connectivity index is 1.30. The molecule has 134 valence electrons. The molecule has 0 amide bonds. The largest absolute Gasteiger partial charge is 0.419 e. The van der Waals surface area contributed by atoms with Gasteiger partial charge in [0.05, 0.1) is 0 Å². The number of aromatic nitrogens is 3. The van der Waals surface area contributed by atoms with Crippen LogP contribution in [0.1, 0.15) is 11.5 Å². The van der Waals surface area contributed by atoms with Crippen LogP contribution in [0.3, 0.4) is 0 Å². The Morgan fingerprint density at radius 2 is 1.77 bits per heavy atom. The maximum absolute atomic E-state index is 5.81. The van der Waals surface area contributed by atoms with E-state index in [2.05, 4.69) is 55.3 Å². The van der Waals surface area contributed by atoms with Crippen LogP contribution in [-0.2, 0) is 6.42 Å². The minimum atomic E-state index is 0.506. The zero-order valence-corrected chi connectivity index (χ0v) is 15.0. The second kappa shape index (κ2) is 7.66. The molecule has 2 aromatic heterocycles. The molecule has 1 aromatic carbocycles. The molecule has 0 spiro atoms. The summed E-state index contributed by atoms with van der Waals surface area (Å²) in [6.07, 6.45) is 2.52. The predicted molar refractivity (Wildman–Crippen MR) is 101 cm³/mol. The van der Waals surface area contributed by atoms with Gasteiger partial charge in [-0.3, -0.25) is 9.88 Å². The molecule has 6 heteroatoms. The van der Waals surface area contributed by atoms with E-state index in [9.17, 15) is 0 Å². The zero-order valence-electron chi connectivity index (χ0n) is 15.0. The number of anilines is 1. The second-order valence-corrected chi connectivity index (χ2v) is 6.58. The SMILES string of the molecule is Cc1cccnc1-c1nnc(CCN2CCN(c3ccccc3)CC2)o1. The topological polar surface area (TPSA) is 58.3 Å². The van der Waals surface area contributed by atoms with E-state index in [-0.39, 0.29) is 0 Å². The van der Waals surface area contributed by atoms with Crippen LogP contribution in [-0.4, -0.2) is 52.8 Å². The number of piperazine rings is 1. The first-order valence-corrected chi connectivity index (χ1v) is 9.06. The molecule has 0 N–H and O–H groups in total. The van der Waals surface area contributed by atoms with E-state index >= 15 is 0 Å². The van der Waals surface area contributed by atoms with Crippen molar-refractivity contribution in [1.82, 2.24) is 20.1 Å². The van der Waals surface area contributed by atoms with Crippen molar-refractivity contribution in [3.8, 4) is 11.6 Å². The average molecular weight is 349 g/mol. The molecule has 26 heavy (non-hydrogen) atoms. The third-order valence-corrected chi connectivity index (χ3v) is 4.81. The molecule has 1 aliphatic heterocycles. The summed E-state index contributed by atoms with van der Waals surface area (Å²) in [5.74, 6) is 1.18. The first-order chi connectivity index (χ1) is 12.8. The highest BCUT2D eigenvalue weighted by atomic mass is 16.4. The first kappa shape index (κ1) is 16.7. The van der Waals surface area contributed by atoms with Gasteiger partial charge in [-0.1, -0.05) is 24.3 Å². The Hall–Kier alpha value is -2.73. The molecule has 0 unspecified atom stereocenters. The van der Waals surface area contributed by atoms with Gasteiger partial charge in [0.2, 0.25) is 5.89 Å². The summed E-state index contributed by atoms with van der Waals surface area (Å²) >= 11 is 0. The highest BCUT2D eigenvalue weighted by Gasteiger charge is 2.18. The van der Waals surface area contributed by atoms with Crippen LogP contribution in [0.2, 0.25) is 0 Å². The van der Waals surface area contributed by atoms with Gasteiger partial charge in [-0.2, -0.15) is 0 Å². The lowest BCUT2D eigenvalue weighted by Crippen LogP contribution is -2.47. The summed E-state index contributed by atoms with van der Waals surface area (Å²) in [5.41, 5.74) is 3.11. The standard InChI is InChI=1S/C20H23N5O/c1-16-6-5-10-21-19(16)20-23-22-18(26-20)9-11-24-12-14-25(15-13-24)17-7-3-2-4-8-17/h2-8,10H,9,11-15H2,1H3. The number of nitrogens with zero attached hydrogens (tertiary/aromatic N) is 5. The Morgan fingerprint density at radius 1 is 0.962 bits per heavy atom. The Labute approximate surface area is 153 Å². The van der Waals surface area contributed by atoms with E-state index in [1.807, 2.05) is 19.1 Å².